The number of amides is 1. The van der Waals surface area contributed by atoms with Crippen LogP contribution in [0.3, 0.4) is 0 Å². The molecule has 6 nitrogen and oxygen atoms in total. The van der Waals surface area contributed by atoms with Crippen LogP contribution in [0.25, 0.3) is 0 Å². The summed E-state index contributed by atoms with van der Waals surface area (Å²) in [5.74, 6) is -1.39. The number of halogens is 3. The molecule has 0 aliphatic carbocycles. The molecular formula is C22H15Cl2FN2O4. The lowest BCUT2D eigenvalue weighted by atomic mass is 10.2. The molecule has 0 saturated carbocycles. The minimum atomic E-state index is -0.730. The number of ether oxygens (including phenoxy) is 2. The lowest BCUT2D eigenvalue weighted by molar-refractivity contribution is 0.0729. The van der Waals surface area contributed by atoms with Gasteiger partial charge in [-0.2, -0.15) is 5.10 Å². The zero-order chi connectivity index (χ0) is 22.4. The molecule has 3 aromatic rings. The summed E-state index contributed by atoms with van der Waals surface area (Å²) in [7, 11) is 1.40. The van der Waals surface area contributed by atoms with Crippen molar-refractivity contribution in [3.05, 3.63) is 93.2 Å². The van der Waals surface area contributed by atoms with E-state index in [2.05, 4.69) is 10.5 Å². The molecule has 1 N–H and O–H groups in total. The topological polar surface area (TPSA) is 77.0 Å². The average molecular weight is 461 g/mol. The van der Waals surface area contributed by atoms with Gasteiger partial charge in [-0.05, 0) is 60.2 Å². The molecule has 0 fully saturated rings. The predicted molar refractivity (Wildman–Crippen MR) is 116 cm³/mol. The lowest BCUT2D eigenvalue weighted by Gasteiger charge is -2.10. The Labute approximate surface area is 187 Å². The third-order valence-electron chi connectivity index (χ3n) is 4.01. The van der Waals surface area contributed by atoms with E-state index < -0.39 is 17.7 Å². The second-order valence-corrected chi connectivity index (χ2v) is 6.98. The number of esters is 1. The summed E-state index contributed by atoms with van der Waals surface area (Å²) in [6, 6.07) is 14.3. The summed E-state index contributed by atoms with van der Waals surface area (Å²) < 4.78 is 23.8. The van der Waals surface area contributed by atoms with Gasteiger partial charge in [0.05, 0.1) is 29.5 Å². The highest BCUT2D eigenvalue weighted by atomic mass is 35.5. The van der Waals surface area contributed by atoms with E-state index in [0.29, 0.717) is 10.6 Å². The van der Waals surface area contributed by atoms with Gasteiger partial charge in [0.1, 0.15) is 5.82 Å². The maximum Gasteiger partial charge on any atom is 0.343 e. The molecule has 3 aromatic carbocycles. The summed E-state index contributed by atoms with van der Waals surface area (Å²) in [5.41, 5.74) is 3.21. The van der Waals surface area contributed by atoms with Crippen molar-refractivity contribution in [2.24, 2.45) is 5.10 Å². The molecule has 0 atom stereocenters. The van der Waals surface area contributed by atoms with Crippen LogP contribution in [0.2, 0.25) is 10.0 Å². The Kier molecular flexibility index (Phi) is 7.23. The number of nitrogens with zero attached hydrogens (tertiary/aromatic N) is 1. The molecule has 0 aliphatic heterocycles. The third kappa shape index (κ3) is 5.81. The van der Waals surface area contributed by atoms with Crippen LogP contribution < -0.4 is 14.9 Å². The van der Waals surface area contributed by atoms with Crippen molar-refractivity contribution in [1.29, 1.82) is 0 Å². The van der Waals surface area contributed by atoms with Crippen LogP contribution in [0, 0.1) is 5.82 Å². The van der Waals surface area contributed by atoms with Crippen LogP contribution in [0.4, 0.5) is 4.39 Å². The number of benzene rings is 3. The zero-order valence-corrected chi connectivity index (χ0v) is 17.6. The van der Waals surface area contributed by atoms with Gasteiger partial charge in [-0.15, -0.1) is 0 Å². The van der Waals surface area contributed by atoms with Crippen LogP contribution >= 0.6 is 23.2 Å². The van der Waals surface area contributed by atoms with Gasteiger partial charge in [-0.25, -0.2) is 14.6 Å². The van der Waals surface area contributed by atoms with E-state index in [1.54, 1.807) is 18.2 Å². The highest BCUT2D eigenvalue weighted by Gasteiger charge is 2.14. The Morgan fingerprint density at radius 2 is 1.84 bits per heavy atom. The first-order valence-corrected chi connectivity index (χ1v) is 9.57. The van der Waals surface area contributed by atoms with Crippen molar-refractivity contribution in [2.45, 2.75) is 0 Å². The molecule has 31 heavy (non-hydrogen) atoms. The van der Waals surface area contributed by atoms with E-state index in [0.717, 1.165) is 6.07 Å². The van der Waals surface area contributed by atoms with Crippen molar-refractivity contribution in [1.82, 2.24) is 5.43 Å². The molecule has 0 heterocycles. The second kappa shape index (κ2) is 10.1. The van der Waals surface area contributed by atoms with Crippen molar-refractivity contribution < 1.29 is 23.5 Å². The normalized spacial score (nSPS) is 10.7. The molecule has 1 amide bonds. The van der Waals surface area contributed by atoms with Gasteiger partial charge in [0.25, 0.3) is 5.91 Å². The summed E-state index contributed by atoms with van der Waals surface area (Å²) >= 11 is 11.8. The molecular weight excluding hydrogens is 446 g/mol. The molecule has 0 radical (unpaired) electrons. The molecule has 0 saturated heterocycles. The van der Waals surface area contributed by atoms with Crippen LogP contribution in [0.1, 0.15) is 26.3 Å². The van der Waals surface area contributed by atoms with Crippen LogP contribution in [0.15, 0.2) is 65.8 Å². The SMILES string of the molecule is COc1cc(/C=N\NC(=O)c2ccc(Cl)cc2Cl)ccc1OC(=O)c1cccc(F)c1. The van der Waals surface area contributed by atoms with Crippen molar-refractivity contribution in [2.75, 3.05) is 7.11 Å². The van der Waals surface area contributed by atoms with Gasteiger partial charge in [-0.1, -0.05) is 29.3 Å². The Bertz CT molecular complexity index is 1170. The summed E-state index contributed by atoms with van der Waals surface area (Å²) in [6.07, 6.45) is 1.38. The van der Waals surface area contributed by atoms with Gasteiger partial charge < -0.3 is 9.47 Å². The molecule has 0 unspecified atom stereocenters. The van der Waals surface area contributed by atoms with E-state index in [-0.39, 0.29) is 27.6 Å². The Hall–Kier alpha value is -3.42. The zero-order valence-electron chi connectivity index (χ0n) is 16.1. The molecule has 0 bridgehead atoms. The minimum absolute atomic E-state index is 0.0660. The van der Waals surface area contributed by atoms with Crippen molar-refractivity contribution in [3.8, 4) is 11.5 Å². The van der Waals surface area contributed by atoms with Gasteiger partial charge in [0.2, 0.25) is 0 Å². The molecule has 0 spiro atoms. The average Bonchev–Trinajstić information content (AvgIpc) is 2.74. The van der Waals surface area contributed by atoms with Gasteiger partial charge in [0.15, 0.2) is 11.5 Å². The fourth-order valence-electron chi connectivity index (χ4n) is 2.52. The Morgan fingerprint density at radius 1 is 1.03 bits per heavy atom. The monoisotopic (exact) mass is 460 g/mol. The van der Waals surface area contributed by atoms with Gasteiger partial charge >= 0.3 is 5.97 Å². The predicted octanol–water partition coefficient (Wildman–Crippen LogP) is 5.12. The molecule has 0 aliphatic rings. The number of hydrogen-bond acceptors (Lipinski definition) is 5. The second-order valence-electron chi connectivity index (χ2n) is 6.13. The van der Waals surface area contributed by atoms with E-state index in [4.69, 9.17) is 32.7 Å². The Balaban J connectivity index is 1.69. The molecule has 3 rings (SSSR count). The first-order chi connectivity index (χ1) is 14.9. The first kappa shape index (κ1) is 22.3. The fourth-order valence-corrected chi connectivity index (χ4v) is 3.02. The Morgan fingerprint density at radius 3 is 2.55 bits per heavy atom. The highest BCUT2D eigenvalue weighted by molar-refractivity contribution is 6.36. The summed E-state index contributed by atoms with van der Waals surface area (Å²) in [6.45, 7) is 0. The summed E-state index contributed by atoms with van der Waals surface area (Å²) in [4.78, 5) is 24.4. The van der Waals surface area contributed by atoms with Crippen LogP contribution in [-0.2, 0) is 0 Å². The van der Waals surface area contributed by atoms with E-state index in [9.17, 15) is 14.0 Å². The largest absolute Gasteiger partial charge is 0.493 e. The smallest absolute Gasteiger partial charge is 0.343 e. The lowest BCUT2D eigenvalue weighted by Crippen LogP contribution is -2.18. The quantitative estimate of drug-likeness (QED) is 0.239. The van der Waals surface area contributed by atoms with Crippen molar-refractivity contribution in [3.63, 3.8) is 0 Å². The van der Waals surface area contributed by atoms with E-state index in [1.165, 1.54) is 49.7 Å². The number of nitrogens with one attached hydrogen (secondary N) is 1. The van der Waals surface area contributed by atoms with E-state index >= 15 is 0 Å². The van der Waals surface area contributed by atoms with Crippen LogP contribution in [0.5, 0.6) is 11.5 Å². The van der Waals surface area contributed by atoms with Gasteiger partial charge in [0, 0.05) is 5.02 Å². The number of methoxy groups -OCH3 is 1. The van der Waals surface area contributed by atoms with Crippen molar-refractivity contribution >= 4 is 41.3 Å². The maximum atomic E-state index is 13.3. The minimum Gasteiger partial charge on any atom is -0.493 e. The number of hydrogen-bond donors (Lipinski definition) is 1. The standard InChI is InChI=1S/C22H15Cl2FN2O4/c1-30-20-9-13(12-26-27-21(28)17-7-6-15(23)11-18(17)24)5-8-19(20)31-22(29)14-3-2-4-16(25)10-14/h2-12H,1H3,(H,27,28)/b26-12-. The van der Waals surface area contributed by atoms with Crippen LogP contribution in [-0.4, -0.2) is 25.2 Å². The van der Waals surface area contributed by atoms with E-state index in [1.807, 2.05) is 0 Å². The highest BCUT2D eigenvalue weighted by Crippen LogP contribution is 2.28. The first-order valence-electron chi connectivity index (χ1n) is 8.81. The van der Waals surface area contributed by atoms with Gasteiger partial charge in [-0.3, -0.25) is 4.79 Å². The maximum absolute atomic E-state index is 13.3. The molecule has 9 heteroatoms. The fraction of sp³-hybridized carbons (Fsp3) is 0.0455. The number of hydrazone groups is 1. The number of carbonyl (C=O) groups is 2. The number of rotatable bonds is 6. The molecule has 158 valence electrons. The molecule has 0 aromatic heterocycles. The summed E-state index contributed by atoms with van der Waals surface area (Å²) in [5, 5.41) is 4.50. The third-order valence-corrected chi connectivity index (χ3v) is 4.55. The number of carbonyl (C=O) groups excluding carboxylic acids is 2.